The van der Waals surface area contributed by atoms with Crippen LogP contribution in [0.15, 0.2) is 60.8 Å². The molecule has 0 aromatic carbocycles. The van der Waals surface area contributed by atoms with E-state index in [2.05, 4.69) is 81.5 Å². The van der Waals surface area contributed by atoms with Crippen LogP contribution in [0.3, 0.4) is 0 Å². The minimum Gasteiger partial charge on any atom is -0.462 e. The van der Waals surface area contributed by atoms with Crippen molar-refractivity contribution < 1.29 is 28.6 Å². The van der Waals surface area contributed by atoms with Crippen molar-refractivity contribution in [3.05, 3.63) is 60.8 Å². The number of carbonyl (C=O) groups excluding carboxylic acids is 3. The van der Waals surface area contributed by atoms with E-state index < -0.39 is 6.10 Å². The molecule has 0 spiro atoms. The molecule has 0 saturated carbocycles. The molecule has 6 nitrogen and oxygen atoms in total. The maximum absolute atomic E-state index is 12.8. The van der Waals surface area contributed by atoms with E-state index in [4.69, 9.17) is 14.2 Å². The van der Waals surface area contributed by atoms with E-state index in [9.17, 15) is 14.4 Å². The summed E-state index contributed by atoms with van der Waals surface area (Å²) in [6.45, 7) is 6.52. The molecule has 0 aliphatic rings. The molecule has 0 N–H and O–H groups in total. The second-order valence-corrected chi connectivity index (χ2v) is 17.1. The number of ether oxygens (including phenoxy) is 3. The van der Waals surface area contributed by atoms with Gasteiger partial charge in [-0.25, -0.2) is 0 Å². The van der Waals surface area contributed by atoms with Gasteiger partial charge in [-0.05, 0) is 103 Å². The van der Waals surface area contributed by atoms with E-state index in [1.807, 2.05) is 0 Å². The maximum atomic E-state index is 12.8. The lowest BCUT2D eigenvalue weighted by Gasteiger charge is -2.18. The molecule has 0 aliphatic heterocycles. The Morgan fingerprint density at radius 3 is 0.967 bits per heavy atom. The summed E-state index contributed by atoms with van der Waals surface area (Å²) in [6, 6.07) is 0. The van der Waals surface area contributed by atoms with Crippen molar-refractivity contribution in [2.45, 2.75) is 258 Å². The predicted octanol–water partition coefficient (Wildman–Crippen LogP) is 16.9. The molecule has 0 saturated heterocycles. The molecule has 0 aliphatic carbocycles. The third-order valence-electron chi connectivity index (χ3n) is 11.0. The van der Waals surface area contributed by atoms with Crippen LogP contribution >= 0.6 is 0 Å². The lowest BCUT2D eigenvalue weighted by atomic mass is 10.1. The quantitative estimate of drug-likeness (QED) is 0.0263. The number of hydrogen-bond donors (Lipinski definition) is 0. The van der Waals surface area contributed by atoms with E-state index in [1.165, 1.54) is 109 Å². The molecule has 0 aromatic heterocycles. The molecule has 61 heavy (non-hydrogen) atoms. The summed E-state index contributed by atoms with van der Waals surface area (Å²) in [7, 11) is 0. The standard InChI is InChI=1S/C55H96O6/c1-4-7-10-13-16-19-22-24-26-27-29-30-33-36-39-42-45-48-54(57)60-51-52(50-59-53(56)47-44-41-38-35-32-21-18-15-12-9-6-3)61-55(58)49-46-43-40-37-34-31-28-25-23-20-17-14-11-8-5-2/h15-20,24-26,28,52H,4-14,21-23,27,29-51H2,1-3H3/b18-15-,19-16-,20-17-,26-24-,28-25-/t52-/m0/s1. The SMILES string of the molecule is CCCC/C=C\CCCCCCCC(=O)OC[C@@H](COC(=O)CCCCCCCCC/C=C\C/C=C\CCCCC)OC(=O)CCCCCCC/C=C\C/C=C\CCCCC. The molecule has 0 radical (unpaired) electrons. The first-order chi connectivity index (χ1) is 30.0. The number of rotatable bonds is 46. The summed E-state index contributed by atoms with van der Waals surface area (Å²) in [5, 5.41) is 0. The molecule has 0 rings (SSSR count). The van der Waals surface area contributed by atoms with Crippen molar-refractivity contribution in [2.24, 2.45) is 0 Å². The van der Waals surface area contributed by atoms with Crippen LogP contribution in [0.5, 0.6) is 0 Å². The molecule has 6 heteroatoms. The Bertz CT molecular complexity index is 1120. The molecule has 0 fully saturated rings. The monoisotopic (exact) mass is 853 g/mol. The van der Waals surface area contributed by atoms with E-state index in [0.29, 0.717) is 19.3 Å². The Kier molecular flexibility index (Phi) is 47.4. The van der Waals surface area contributed by atoms with Crippen LogP contribution in [0.25, 0.3) is 0 Å². The molecular weight excluding hydrogens is 757 g/mol. The van der Waals surface area contributed by atoms with Gasteiger partial charge in [0.1, 0.15) is 13.2 Å². The Hall–Kier alpha value is -2.89. The maximum Gasteiger partial charge on any atom is 0.306 e. The van der Waals surface area contributed by atoms with Gasteiger partial charge in [0.05, 0.1) is 0 Å². The van der Waals surface area contributed by atoms with Crippen LogP contribution in [0, 0.1) is 0 Å². The van der Waals surface area contributed by atoms with Gasteiger partial charge in [0.25, 0.3) is 0 Å². The fraction of sp³-hybridized carbons (Fsp3) is 0.764. The van der Waals surface area contributed by atoms with Gasteiger partial charge in [0.15, 0.2) is 6.10 Å². The molecule has 0 bridgehead atoms. The highest BCUT2D eigenvalue weighted by Crippen LogP contribution is 2.14. The summed E-state index contributed by atoms with van der Waals surface area (Å²) in [5.41, 5.74) is 0. The first-order valence-corrected chi connectivity index (χ1v) is 25.8. The van der Waals surface area contributed by atoms with Crippen molar-refractivity contribution in [2.75, 3.05) is 13.2 Å². The largest absolute Gasteiger partial charge is 0.462 e. The Morgan fingerprint density at radius 1 is 0.328 bits per heavy atom. The zero-order chi connectivity index (χ0) is 44.4. The summed E-state index contributed by atoms with van der Waals surface area (Å²) in [6.07, 6.45) is 60.5. The lowest BCUT2D eigenvalue weighted by molar-refractivity contribution is -0.167. The smallest absolute Gasteiger partial charge is 0.306 e. The minimum atomic E-state index is -0.786. The van der Waals surface area contributed by atoms with E-state index in [1.54, 1.807) is 0 Å². The van der Waals surface area contributed by atoms with Gasteiger partial charge in [-0.1, -0.05) is 191 Å². The molecule has 0 unspecified atom stereocenters. The average Bonchev–Trinajstić information content (AvgIpc) is 3.26. The van der Waals surface area contributed by atoms with E-state index >= 15 is 0 Å². The van der Waals surface area contributed by atoms with Gasteiger partial charge in [-0.3, -0.25) is 14.4 Å². The molecule has 0 aromatic rings. The van der Waals surface area contributed by atoms with E-state index in [0.717, 1.165) is 103 Å². The van der Waals surface area contributed by atoms with Crippen LogP contribution in [-0.4, -0.2) is 37.2 Å². The molecule has 1 atom stereocenters. The molecular formula is C55H96O6. The topological polar surface area (TPSA) is 78.9 Å². The van der Waals surface area contributed by atoms with Gasteiger partial charge in [0.2, 0.25) is 0 Å². The third kappa shape index (κ3) is 48.0. The summed E-state index contributed by atoms with van der Waals surface area (Å²) >= 11 is 0. The number of hydrogen-bond acceptors (Lipinski definition) is 6. The van der Waals surface area contributed by atoms with Crippen LogP contribution in [0.2, 0.25) is 0 Å². The van der Waals surface area contributed by atoms with Crippen LogP contribution in [-0.2, 0) is 28.6 Å². The zero-order valence-corrected chi connectivity index (χ0v) is 40.2. The highest BCUT2D eigenvalue weighted by Gasteiger charge is 2.19. The number of carbonyl (C=O) groups is 3. The first kappa shape index (κ1) is 58.1. The Balaban J connectivity index is 4.40. The highest BCUT2D eigenvalue weighted by atomic mass is 16.6. The van der Waals surface area contributed by atoms with Gasteiger partial charge in [0, 0.05) is 19.3 Å². The summed E-state index contributed by atoms with van der Waals surface area (Å²) in [5.74, 6) is -0.915. The van der Waals surface area contributed by atoms with E-state index in [-0.39, 0.29) is 31.1 Å². The minimum absolute atomic E-state index is 0.0867. The van der Waals surface area contributed by atoms with Gasteiger partial charge in [-0.15, -0.1) is 0 Å². The normalized spacial score (nSPS) is 12.5. The summed E-state index contributed by atoms with van der Waals surface area (Å²) < 4.78 is 16.8. The molecule has 352 valence electrons. The fourth-order valence-electron chi connectivity index (χ4n) is 7.01. The van der Waals surface area contributed by atoms with Crippen molar-refractivity contribution in [1.82, 2.24) is 0 Å². The van der Waals surface area contributed by atoms with Crippen molar-refractivity contribution >= 4 is 17.9 Å². The first-order valence-electron chi connectivity index (χ1n) is 25.8. The molecule has 0 heterocycles. The van der Waals surface area contributed by atoms with Gasteiger partial charge >= 0.3 is 17.9 Å². The fourth-order valence-corrected chi connectivity index (χ4v) is 7.01. The van der Waals surface area contributed by atoms with Crippen molar-refractivity contribution in [3.63, 3.8) is 0 Å². The van der Waals surface area contributed by atoms with Crippen molar-refractivity contribution in [1.29, 1.82) is 0 Å². The second kappa shape index (κ2) is 49.8. The Labute approximate surface area is 377 Å². The average molecular weight is 853 g/mol. The third-order valence-corrected chi connectivity index (χ3v) is 11.0. The van der Waals surface area contributed by atoms with Crippen LogP contribution < -0.4 is 0 Å². The van der Waals surface area contributed by atoms with Crippen molar-refractivity contribution in [3.8, 4) is 0 Å². The Morgan fingerprint density at radius 2 is 0.607 bits per heavy atom. The van der Waals surface area contributed by atoms with Gasteiger partial charge in [-0.2, -0.15) is 0 Å². The number of unbranched alkanes of at least 4 members (excludes halogenated alkanes) is 25. The van der Waals surface area contributed by atoms with Crippen LogP contribution in [0.4, 0.5) is 0 Å². The van der Waals surface area contributed by atoms with Crippen LogP contribution in [0.1, 0.15) is 252 Å². The zero-order valence-electron chi connectivity index (χ0n) is 40.2. The second-order valence-electron chi connectivity index (χ2n) is 17.1. The number of allylic oxidation sites excluding steroid dienone is 10. The predicted molar refractivity (Wildman–Crippen MR) is 261 cm³/mol. The number of esters is 3. The lowest BCUT2D eigenvalue weighted by Crippen LogP contribution is -2.30. The summed E-state index contributed by atoms with van der Waals surface area (Å²) in [4.78, 5) is 37.9. The van der Waals surface area contributed by atoms with Gasteiger partial charge < -0.3 is 14.2 Å². The highest BCUT2D eigenvalue weighted by molar-refractivity contribution is 5.71. The molecule has 0 amide bonds.